The van der Waals surface area contributed by atoms with Crippen molar-refractivity contribution in [3.63, 3.8) is 0 Å². The van der Waals surface area contributed by atoms with Gasteiger partial charge in [-0.15, -0.1) is 0 Å². The smallest absolute Gasteiger partial charge is 0.263 e. The van der Waals surface area contributed by atoms with Crippen LogP contribution in [0.3, 0.4) is 0 Å². The van der Waals surface area contributed by atoms with Crippen LogP contribution in [-0.4, -0.2) is 25.5 Å². The monoisotopic (exact) mass is 406 g/mol. The first-order valence-electron chi connectivity index (χ1n) is 8.81. The van der Waals surface area contributed by atoms with E-state index in [0.717, 1.165) is 0 Å². The number of hydrogen-bond acceptors (Lipinski definition) is 6. The highest BCUT2D eigenvalue weighted by Gasteiger charge is 2.18. The summed E-state index contributed by atoms with van der Waals surface area (Å²) in [4.78, 5) is 9.18. The molecule has 0 spiro atoms. The molecule has 8 heteroatoms. The summed E-state index contributed by atoms with van der Waals surface area (Å²) in [5.41, 5.74) is 1.91. The van der Waals surface area contributed by atoms with E-state index in [4.69, 9.17) is 4.74 Å². The van der Waals surface area contributed by atoms with Crippen molar-refractivity contribution >= 4 is 38.4 Å². The van der Waals surface area contributed by atoms with Gasteiger partial charge in [-0.3, -0.25) is 4.72 Å². The minimum absolute atomic E-state index is 0.107. The fourth-order valence-corrected chi connectivity index (χ4v) is 3.81. The molecule has 7 nitrogen and oxygen atoms in total. The van der Waals surface area contributed by atoms with Crippen LogP contribution in [0, 0.1) is 0 Å². The molecule has 1 aromatic heterocycles. The number of fused-ring (bicyclic) bond motifs is 1. The molecule has 29 heavy (non-hydrogen) atoms. The lowest BCUT2D eigenvalue weighted by molar-refractivity contribution is 0.415. The van der Waals surface area contributed by atoms with Crippen LogP contribution >= 0.6 is 0 Å². The van der Waals surface area contributed by atoms with Gasteiger partial charge in [-0.05, 0) is 36.4 Å². The predicted molar refractivity (Wildman–Crippen MR) is 113 cm³/mol. The molecular weight excluding hydrogens is 388 g/mol. The van der Waals surface area contributed by atoms with Gasteiger partial charge < -0.3 is 10.1 Å². The molecule has 0 saturated carbocycles. The number of benzene rings is 3. The van der Waals surface area contributed by atoms with E-state index < -0.39 is 10.0 Å². The molecule has 0 aliphatic carbocycles. The Kier molecular flexibility index (Phi) is 5.01. The molecule has 4 rings (SSSR count). The summed E-state index contributed by atoms with van der Waals surface area (Å²) in [7, 11) is -2.25. The maximum atomic E-state index is 12.8. The lowest BCUT2D eigenvalue weighted by Gasteiger charge is -2.14. The molecule has 2 N–H and O–H groups in total. The van der Waals surface area contributed by atoms with Gasteiger partial charge in [-0.2, -0.15) is 0 Å². The number of sulfonamides is 1. The van der Waals surface area contributed by atoms with Crippen molar-refractivity contribution in [2.24, 2.45) is 0 Å². The summed E-state index contributed by atoms with van der Waals surface area (Å²) in [6.07, 6.45) is 0. The van der Waals surface area contributed by atoms with Gasteiger partial charge in [0.1, 0.15) is 5.75 Å². The number of aromatic nitrogens is 2. The number of para-hydroxylation sites is 2. The number of anilines is 3. The van der Waals surface area contributed by atoms with Crippen molar-refractivity contribution in [1.82, 2.24) is 9.97 Å². The highest BCUT2D eigenvalue weighted by Crippen LogP contribution is 2.28. The molecule has 0 aliphatic rings. The maximum Gasteiger partial charge on any atom is 0.263 e. The van der Waals surface area contributed by atoms with E-state index in [0.29, 0.717) is 22.5 Å². The Morgan fingerprint density at radius 1 is 0.793 bits per heavy atom. The molecule has 0 atom stereocenters. The molecule has 0 aliphatic heterocycles. The minimum Gasteiger partial charge on any atom is -0.497 e. The zero-order chi connectivity index (χ0) is 20.3. The first-order chi connectivity index (χ1) is 14.0. The average Bonchev–Trinajstić information content (AvgIpc) is 2.75. The standard InChI is InChI=1S/C21H18N4O3S/c1-28-16-9-7-8-15(14-16)22-20-21(24-19-13-6-5-12-18(19)23-20)25-29(26,27)17-10-3-2-4-11-17/h2-14H,1H3,(H,22,23)(H,24,25). The van der Waals surface area contributed by atoms with E-state index in [-0.39, 0.29) is 16.5 Å². The fraction of sp³-hybridized carbons (Fsp3) is 0.0476. The number of rotatable bonds is 6. The second-order valence-electron chi connectivity index (χ2n) is 6.19. The van der Waals surface area contributed by atoms with Crippen LogP contribution < -0.4 is 14.8 Å². The summed E-state index contributed by atoms with van der Waals surface area (Å²) in [6.45, 7) is 0. The fourth-order valence-electron chi connectivity index (χ4n) is 2.78. The van der Waals surface area contributed by atoms with Gasteiger partial charge in [-0.25, -0.2) is 18.4 Å². The zero-order valence-electron chi connectivity index (χ0n) is 15.5. The van der Waals surface area contributed by atoms with Crippen molar-refractivity contribution in [1.29, 1.82) is 0 Å². The van der Waals surface area contributed by atoms with Crippen molar-refractivity contribution in [2.45, 2.75) is 4.90 Å². The number of hydrogen-bond donors (Lipinski definition) is 2. The summed E-state index contributed by atoms with van der Waals surface area (Å²) in [6, 6.07) is 22.6. The molecule has 0 amide bonds. The Morgan fingerprint density at radius 3 is 2.14 bits per heavy atom. The average molecular weight is 406 g/mol. The van der Waals surface area contributed by atoms with Gasteiger partial charge in [0, 0.05) is 11.8 Å². The highest BCUT2D eigenvalue weighted by atomic mass is 32.2. The molecule has 0 unspecified atom stereocenters. The van der Waals surface area contributed by atoms with E-state index in [1.54, 1.807) is 37.4 Å². The Morgan fingerprint density at radius 2 is 1.45 bits per heavy atom. The van der Waals surface area contributed by atoms with Gasteiger partial charge in [0.2, 0.25) is 0 Å². The van der Waals surface area contributed by atoms with Gasteiger partial charge in [0.05, 0.1) is 23.0 Å². The van der Waals surface area contributed by atoms with Crippen molar-refractivity contribution in [3.05, 3.63) is 78.9 Å². The van der Waals surface area contributed by atoms with Gasteiger partial charge in [-0.1, -0.05) is 36.4 Å². The van der Waals surface area contributed by atoms with Crippen LogP contribution in [0.5, 0.6) is 5.75 Å². The van der Waals surface area contributed by atoms with E-state index in [2.05, 4.69) is 20.0 Å². The van der Waals surface area contributed by atoms with Crippen molar-refractivity contribution in [2.75, 3.05) is 17.1 Å². The molecule has 0 fully saturated rings. The minimum atomic E-state index is -3.83. The van der Waals surface area contributed by atoms with E-state index in [1.807, 2.05) is 36.4 Å². The third-order valence-corrected chi connectivity index (χ3v) is 5.54. The van der Waals surface area contributed by atoms with Crippen LogP contribution in [-0.2, 0) is 10.0 Å². The number of nitrogens with one attached hydrogen (secondary N) is 2. The van der Waals surface area contributed by atoms with Crippen LogP contribution in [0.4, 0.5) is 17.3 Å². The first-order valence-corrected chi connectivity index (χ1v) is 10.3. The first kappa shape index (κ1) is 18.7. The van der Waals surface area contributed by atoms with Gasteiger partial charge in [0.25, 0.3) is 10.0 Å². The summed E-state index contributed by atoms with van der Waals surface area (Å²) < 4.78 is 33.4. The topological polar surface area (TPSA) is 93.2 Å². The van der Waals surface area contributed by atoms with E-state index in [1.165, 1.54) is 12.1 Å². The molecule has 146 valence electrons. The third kappa shape index (κ3) is 4.12. The molecule has 1 heterocycles. The van der Waals surface area contributed by atoms with Crippen molar-refractivity contribution < 1.29 is 13.2 Å². The lowest BCUT2D eigenvalue weighted by Crippen LogP contribution is -2.16. The second kappa shape index (κ2) is 7.76. The predicted octanol–water partition coefficient (Wildman–Crippen LogP) is 4.18. The van der Waals surface area contributed by atoms with Crippen LogP contribution in [0.2, 0.25) is 0 Å². The van der Waals surface area contributed by atoms with Crippen LogP contribution in [0.25, 0.3) is 11.0 Å². The number of methoxy groups -OCH3 is 1. The van der Waals surface area contributed by atoms with Crippen LogP contribution in [0.1, 0.15) is 0 Å². The third-order valence-electron chi connectivity index (χ3n) is 4.19. The molecule has 0 radical (unpaired) electrons. The molecule has 4 aromatic rings. The molecular formula is C21H18N4O3S. The highest BCUT2D eigenvalue weighted by molar-refractivity contribution is 7.92. The maximum absolute atomic E-state index is 12.8. The Balaban J connectivity index is 1.78. The summed E-state index contributed by atoms with van der Waals surface area (Å²) in [5, 5.41) is 3.13. The Bertz CT molecular complexity index is 1260. The number of nitrogens with zero attached hydrogens (tertiary/aromatic N) is 2. The van der Waals surface area contributed by atoms with E-state index in [9.17, 15) is 8.42 Å². The zero-order valence-corrected chi connectivity index (χ0v) is 16.3. The normalized spacial score (nSPS) is 11.2. The molecule has 0 bridgehead atoms. The van der Waals surface area contributed by atoms with Crippen molar-refractivity contribution in [3.8, 4) is 5.75 Å². The lowest BCUT2D eigenvalue weighted by atomic mass is 10.3. The largest absolute Gasteiger partial charge is 0.497 e. The second-order valence-corrected chi connectivity index (χ2v) is 7.87. The van der Waals surface area contributed by atoms with E-state index >= 15 is 0 Å². The molecule has 3 aromatic carbocycles. The molecule has 0 saturated heterocycles. The summed E-state index contributed by atoms with van der Waals surface area (Å²) in [5.74, 6) is 1.06. The Labute approximate surface area is 168 Å². The SMILES string of the molecule is COc1cccc(Nc2nc3ccccc3nc2NS(=O)(=O)c2ccccc2)c1. The van der Waals surface area contributed by atoms with Gasteiger partial charge in [0.15, 0.2) is 11.6 Å². The Hall–Kier alpha value is -3.65. The number of ether oxygens (including phenoxy) is 1. The van der Waals surface area contributed by atoms with Gasteiger partial charge >= 0.3 is 0 Å². The quantitative estimate of drug-likeness (QED) is 0.499. The van der Waals surface area contributed by atoms with Crippen LogP contribution in [0.15, 0.2) is 83.8 Å². The summed E-state index contributed by atoms with van der Waals surface area (Å²) >= 11 is 0.